The molecule has 2 heterocycles. The Morgan fingerprint density at radius 1 is 1.03 bits per heavy atom. The number of hydrogen-bond donors (Lipinski definition) is 6. The first kappa shape index (κ1) is 25.7. The Bertz CT molecular complexity index is 561. The van der Waals surface area contributed by atoms with Gasteiger partial charge in [0.2, 0.25) is 5.91 Å². The fourth-order valence-corrected chi connectivity index (χ4v) is 3.49. The van der Waals surface area contributed by atoms with Gasteiger partial charge in [-0.1, -0.05) is 14.4 Å². The summed E-state index contributed by atoms with van der Waals surface area (Å²) >= 11 is 0. The lowest BCUT2D eigenvalue weighted by Crippen LogP contribution is -2.66. The third-order valence-corrected chi connectivity index (χ3v) is 4.91. The van der Waals surface area contributed by atoms with Crippen LogP contribution in [0.2, 0.25) is 0 Å². The standard InChI is InChI=1S/C16H27NO11.CH4/c1-4-6-7(17-5(2)18)15(28-14(24)8(6)19)26-11-9(20)10(21)16(25-3)27-12(11)13(22)23;/h6-12,14-16,19-21,24H,4H2,1-3H3,(H,17,18)(H,22,23);1H4/t6?,7-,8-,9+,10+,11-,12-,14+,15-,16?;/m1./s1. The molecule has 2 aliphatic heterocycles. The molecule has 2 saturated heterocycles. The lowest BCUT2D eigenvalue weighted by molar-refractivity contribution is -0.353. The van der Waals surface area contributed by atoms with Gasteiger partial charge in [-0.3, -0.25) is 4.79 Å². The monoisotopic (exact) mass is 425 g/mol. The quantitative estimate of drug-likeness (QED) is 0.270. The van der Waals surface area contributed by atoms with Crippen molar-refractivity contribution in [3.8, 4) is 0 Å². The Morgan fingerprint density at radius 3 is 2.14 bits per heavy atom. The van der Waals surface area contributed by atoms with E-state index in [-0.39, 0.29) is 7.43 Å². The second kappa shape index (κ2) is 10.6. The Balaban J connectivity index is 0.00000420. The van der Waals surface area contributed by atoms with Gasteiger partial charge in [0.05, 0.1) is 6.04 Å². The number of ether oxygens (including phenoxy) is 4. The summed E-state index contributed by atoms with van der Waals surface area (Å²) in [7, 11) is 1.17. The first-order valence-corrected chi connectivity index (χ1v) is 8.83. The van der Waals surface area contributed by atoms with Crippen molar-refractivity contribution in [3.63, 3.8) is 0 Å². The summed E-state index contributed by atoms with van der Waals surface area (Å²) in [6, 6.07) is -0.958. The minimum atomic E-state index is -1.73. The molecule has 10 atom stereocenters. The smallest absolute Gasteiger partial charge is 0.335 e. The van der Waals surface area contributed by atoms with Crippen LogP contribution in [0.15, 0.2) is 0 Å². The molecule has 0 aromatic carbocycles. The number of aliphatic hydroxyl groups excluding tert-OH is 4. The molecule has 29 heavy (non-hydrogen) atoms. The number of aliphatic carboxylic acids is 1. The molecule has 0 spiro atoms. The second-order valence-corrected chi connectivity index (χ2v) is 6.76. The molecule has 2 rings (SSSR count). The highest BCUT2D eigenvalue weighted by atomic mass is 16.8. The zero-order chi connectivity index (χ0) is 21.2. The summed E-state index contributed by atoms with van der Waals surface area (Å²) < 4.78 is 20.7. The van der Waals surface area contributed by atoms with E-state index in [9.17, 15) is 35.1 Å². The van der Waals surface area contributed by atoms with E-state index in [0.29, 0.717) is 6.42 Å². The summed E-state index contributed by atoms with van der Waals surface area (Å²) in [5, 5.41) is 52.5. The number of carbonyl (C=O) groups excluding carboxylic acids is 1. The normalized spacial score (nSPS) is 42.6. The molecule has 0 bridgehead atoms. The van der Waals surface area contributed by atoms with Crippen molar-refractivity contribution in [2.24, 2.45) is 5.92 Å². The predicted molar refractivity (Wildman–Crippen MR) is 95.2 cm³/mol. The first-order chi connectivity index (χ1) is 13.1. The van der Waals surface area contributed by atoms with Crippen LogP contribution in [0.3, 0.4) is 0 Å². The van der Waals surface area contributed by atoms with Gasteiger partial charge in [-0.25, -0.2) is 4.79 Å². The van der Waals surface area contributed by atoms with Crippen LogP contribution in [0.1, 0.15) is 27.7 Å². The fourth-order valence-electron chi connectivity index (χ4n) is 3.49. The third-order valence-electron chi connectivity index (χ3n) is 4.91. The molecular formula is C17H31NO11. The number of rotatable bonds is 6. The lowest BCUT2D eigenvalue weighted by atomic mass is 9.87. The second-order valence-electron chi connectivity index (χ2n) is 6.76. The Morgan fingerprint density at radius 2 is 1.66 bits per heavy atom. The van der Waals surface area contributed by atoms with Crippen molar-refractivity contribution in [3.05, 3.63) is 0 Å². The molecule has 2 unspecified atom stereocenters. The zero-order valence-corrected chi connectivity index (χ0v) is 15.7. The summed E-state index contributed by atoms with van der Waals surface area (Å²) in [6.07, 6.45) is -12.2. The fraction of sp³-hybridized carbons (Fsp3) is 0.882. The van der Waals surface area contributed by atoms with Crippen LogP contribution in [-0.4, -0.2) is 100.0 Å². The van der Waals surface area contributed by atoms with Gasteiger partial charge >= 0.3 is 5.97 Å². The minimum Gasteiger partial charge on any atom is -0.479 e. The molecule has 12 nitrogen and oxygen atoms in total. The van der Waals surface area contributed by atoms with Crippen molar-refractivity contribution < 1.29 is 54.1 Å². The number of amides is 1. The number of carbonyl (C=O) groups is 2. The highest BCUT2D eigenvalue weighted by molar-refractivity contribution is 5.74. The van der Waals surface area contributed by atoms with E-state index in [1.54, 1.807) is 6.92 Å². The summed E-state index contributed by atoms with van der Waals surface area (Å²) in [4.78, 5) is 23.1. The summed E-state index contributed by atoms with van der Waals surface area (Å²) in [5.41, 5.74) is 0. The van der Waals surface area contributed by atoms with Crippen molar-refractivity contribution in [1.82, 2.24) is 5.32 Å². The van der Waals surface area contributed by atoms with Crippen molar-refractivity contribution in [2.75, 3.05) is 7.11 Å². The molecule has 0 aliphatic carbocycles. The number of carboxylic acids is 1. The topological polar surface area (TPSA) is 184 Å². The van der Waals surface area contributed by atoms with E-state index < -0.39 is 73.2 Å². The van der Waals surface area contributed by atoms with E-state index >= 15 is 0 Å². The molecule has 2 aliphatic rings. The average molecular weight is 425 g/mol. The van der Waals surface area contributed by atoms with Gasteiger partial charge in [0, 0.05) is 20.0 Å². The zero-order valence-electron chi connectivity index (χ0n) is 15.7. The molecule has 12 heteroatoms. The van der Waals surface area contributed by atoms with Gasteiger partial charge in [-0.2, -0.15) is 0 Å². The SMILES string of the molecule is C.CCC1[C@@H](O)[C@@H](O)O[C@@H](O[C@@H]2[C@@H](O)[C@H](O)C(OC)O[C@H]2C(=O)O)[C@@H]1NC(C)=O. The Hall–Kier alpha value is -1.38. The first-order valence-electron chi connectivity index (χ1n) is 8.83. The largest absolute Gasteiger partial charge is 0.479 e. The van der Waals surface area contributed by atoms with Crippen molar-refractivity contribution in [1.29, 1.82) is 0 Å². The van der Waals surface area contributed by atoms with E-state index in [1.165, 1.54) is 14.0 Å². The van der Waals surface area contributed by atoms with E-state index in [0.717, 1.165) is 0 Å². The molecule has 1 amide bonds. The molecule has 0 radical (unpaired) electrons. The number of hydrogen-bond acceptors (Lipinski definition) is 10. The summed E-state index contributed by atoms with van der Waals surface area (Å²) in [6.45, 7) is 2.94. The van der Waals surface area contributed by atoms with E-state index in [2.05, 4.69) is 5.32 Å². The Labute approximate surface area is 168 Å². The maximum absolute atomic E-state index is 11.6. The van der Waals surface area contributed by atoms with Crippen LogP contribution in [-0.2, 0) is 28.5 Å². The summed E-state index contributed by atoms with van der Waals surface area (Å²) in [5.74, 6) is -2.64. The third kappa shape index (κ3) is 5.41. The van der Waals surface area contributed by atoms with Crippen molar-refractivity contribution in [2.45, 2.75) is 83.1 Å². The van der Waals surface area contributed by atoms with Gasteiger partial charge in [0.15, 0.2) is 25.0 Å². The van der Waals surface area contributed by atoms with Crippen LogP contribution >= 0.6 is 0 Å². The van der Waals surface area contributed by atoms with Crippen LogP contribution in [0.4, 0.5) is 0 Å². The molecule has 6 N–H and O–H groups in total. The van der Waals surface area contributed by atoms with Gasteiger partial charge in [-0.15, -0.1) is 0 Å². The number of carboxylic acid groups (broad SMARTS) is 1. The predicted octanol–water partition coefficient (Wildman–Crippen LogP) is -2.25. The van der Waals surface area contributed by atoms with Gasteiger partial charge in [0.25, 0.3) is 0 Å². The molecule has 0 aromatic rings. The number of aliphatic hydroxyl groups is 4. The van der Waals surface area contributed by atoms with Crippen molar-refractivity contribution >= 4 is 11.9 Å². The number of nitrogens with one attached hydrogen (secondary N) is 1. The lowest BCUT2D eigenvalue weighted by Gasteiger charge is -2.46. The highest BCUT2D eigenvalue weighted by Gasteiger charge is 2.52. The number of methoxy groups -OCH3 is 1. The average Bonchev–Trinajstić information content (AvgIpc) is 2.62. The molecule has 0 aromatic heterocycles. The van der Waals surface area contributed by atoms with Crippen LogP contribution < -0.4 is 5.32 Å². The van der Waals surface area contributed by atoms with Crippen LogP contribution in [0, 0.1) is 5.92 Å². The molecular weight excluding hydrogens is 394 g/mol. The van der Waals surface area contributed by atoms with Crippen LogP contribution in [0.5, 0.6) is 0 Å². The Kier molecular flexibility index (Phi) is 9.37. The van der Waals surface area contributed by atoms with Gasteiger partial charge in [0.1, 0.15) is 24.4 Å². The van der Waals surface area contributed by atoms with Gasteiger partial charge < -0.3 is 49.8 Å². The molecule has 0 saturated carbocycles. The maximum Gasteiger partial charge on any atom is 0.335 e. The maximum atomic E-state index is 11.6. The molecule has 170 valence electrons. The highest BCUT2D eigenvalue weighted by Crippen LogP contribution is 2.32. The van der Waals surface area contributed by atoms with Gasteiger partial charge in [-0.05, 0) is 6.42 Å². The van der Waals surface area contributed by atoms with E-state index in [4.69, 9.17) is 18.9 Å². The van der Waals surface area contributed by atoms with Crippen LogP contribution in [0.25, 0.3) is 0 Å². The minimum absolute atomic E-state index is 0. The van der Waals surface area contributed by atoms with E-state index in [1.807, 2.05) is 0 Å². The molecule has 2 fully saturated rings.